The summed E-state index contributed by atoms with van der Waals surface area (Å²) in [5, 5.41) is 0. The first-order valence-corrected chi connectivity index (χ1v) is 12.6. The maximum absolute atomic E-state index is 13.8. The molecule has 0 bridgehead atoms. The van der Waals surface area contributed by atoms with Gasteiger partial charge in [0, 0.05) is 20.3 Å². The zero-order chi connectivity index (χ0) is 25.7. The third-order valence-corrected chi connectivity index (χ3v) is 6.40. The van der Waals surface area contributed by atoms with Gasteiger partial charge in [0.25, 0.3) is 0 Å². The molecule has 0 unspecified atom stereocenters. The summed E-state index contributed by atoms with van der Waals surface area (Å²) in [7, 11) is 1.63. The third-order valence-electron chi connectivity index (χ3n) is 6.40. The highest BCUT2D eigenvalue weighted by Gasteiger charge is 2.47. The fraction of sp³-hybridized carbons (Fsp3) is 0.464. The third kappa shape index (κ3) is 5.23. The Kier molecular flexibility index (Phi) is 8.25. The average Bonchev–Trinajstić information content (AvgIpc) is 3.24. The van der Waals surface area contributed by atoms with Gasteiger partial charge in [0.05, 0.1) is 30.3 Å². The number of rotatable bonds is 11. The molecule has 0 saturated carbocycles. The number of carbonyl (C=O) groups excluding carboxylic acids is 2. The molecule has 0 radical (unpaired) electrons. The molecule has 2 heterocycles. The molecule has 1 aromatic heterocycles. The number of nitrogens with zero attached hydrogens (tertiary/aromatic N) is 3. The lowest BCUT2D eigenvalue weighted by atomic mass is 9.89. The highest BCUT2D eigenvalue weighted by atomic mass is 16.5. The van der Waals surface area contributed by atoms with Crippen molar-refractivity contribution in [1.29, 1.82) is 0 Å². The molecule has 2 atom stereocenters. The van der Waals surface area contributed by atoms with E-state index in [4.69, 9.17) is 19.2 Å². The van der Waals surface area contributed by atoms with E-state index in [0.29, 0.717) is 38.0 Å². The molecule has 0 saturated heterocycles. The molecule has 4 rings (SSSR count). The predicted octanol–water partition coefficient (Wildman–Crippen LogP) is 4.61. The van der Waals surface area contributed by atoms with E-state index in [0.717, 1.165) is 28.8 Å². The van der Waals surface area contributed by atoms with Crippen molar-refractivity contribution in [2.75, 3.05) is 38.4 Å². The number of imidazole rings is 1. The molecular formula is C28H35N3O5. The molecule has 2 aromatic carbocycles. The second kappa shape index (κ2) is 11.6. The Bertz CT molecular complexity index is 1190. The number of anilines is 1. The number of hydrogen-bond acceptors (Lipinski definition) is 6. The second-order valence-electron chi connectivity index (χ2n) is 9.38. The van der Waals surface area contributed by atoms with Gasteiger partial charge in [0.2, 0.25) is 11.9 Å². The van der Waals surface area contributed by atoms with Gasteiger partial charge in [-0.05, 0) is 55.5 Å². The van der Waals surface area contributed by atoms with E-state index in [-0.39, 0.29) is 12.5 Å². The van der Waals surface area contributed by atoms with Crippen LogP contribution in [-0.4, -0.2) is 54.9 Å². The molecule has 8 nitrogen and oxygen atoms in total. The number of hydrogen-bond donors (Lipinski definition) is 0. The maximum atomic E-state index is 13.8. The van der Waals surface area contributed by atoms with Crippen molar-refractivity contribution < 1.29 is 23.8 Å². The Morgan fingerprint density at radius 2 is 1.83 bits per heavy atom. The van der Waals surface area contributed by atoms with Crippen LogP contribution in [0.4, 0.5) is 5.95 Å². The minimum absolute atomic E-state index is 0.194. The second-order valence-corrected chi connectivity index (χ2v) is 9.38. The van der Waals surface area contributed by atoms with Crippen LogP contribution in [-0.2, 0) is 19.1 Å². The minimum atomic E-state index is -1.04. The first kappa shape index (κ1) is 25.7. The zero-order valence-corrected chi connectivity index (χ0v) is 21.5. The minimum Gasteiger partial charge on any atom is -0.494 e. The molecular weight excluding hydrogens is 458 g/mol. The van der Waals surface area contributed by atoms with Crippen LogP contribution in [0.2, 0.25) is 0 Å². The fourth-order valence-corrected chi connectivity index (χ4v) is 4.60. The van der Waals surface area contributed by atoms with Crippen molar-refractivity contribution in [2.45, 2.75) is 39.7 Å². The van der Waals surface area contributed by atoms with Gasteiger partial charge in [-0.1, -0.05) is 38.1 Å². The van der Waals surface area contributed by atoms with Gasteiger partial charge in [-0.3, -0.25) is 14.5 Å². The number of methoxy groups -OCH3 is 1. The van der Waals surface area contributed by atoms with Crippen LogP contribution in [0.15, 0.2) is 48.5 Å². The van der Waals surface area contributed by atoms with Gasteiger partial charge < -0.3 is 18.8 Å². The lowest BCUT2D eigenvalue weighted by molar-refractivity contribution is -0.153. The van der Waals surface area contributed by atoms with Gasteiger partial charge in [0.1, 0.15) is 5.75 Å². The quantitative estimate of drug-likeness (QED) is 0.220. The number of aromatic nitrogens is 2. The topological polar surface area (TPSA) is 82.9 Å². The summed E-state index contributed by atoms with van der Waals surface area (Å²) >= 11 is 0. The molecule has 0 aliphatic carbocycles. The van der Waals surface area contributed by atoms with Gasteiger partial charge in [-0.25, -0.2) is 4.98 Å². The Labute approximate surface area is 212 Å². The molecule has 0 spiro atoms. The summed E-state index contributed by atoms with van der Waals surface area (Å²) in [5.74, 6) is -0.0428. The average molecular weight is 494 g/mol. The number of para-hydroxylation sites is 2. The molecule has 192 valence electrons. The van der Waals surface area contributed by atoms with Gasteiger partial charge in [-0.15, -0.1) is 0 Å². The summed E-state index contributed by atoms with van der Waals surface area (Å²) < 4.78 is 18.5. The first-order valence-electron chi connectivity index (χ1n) is 12.6. The number of carbonyl (C=O) groups is 2. The van der Waals surface area contributed by atoms with E-state index >= 15 is 0 Å². The predicted molar refractivity (Wildman–Crippen MR) is 138 cm³/mol. The number of amides is 1. The first-order chi connectivity index (χ1) is 17.5. The highest BCUT2D eigenvalue weighted by molar-refractivity contribution is 6.08. The van der Waals surface area contributed by atoms with Crippen LogP contribution in [0, 0.1) is 11.8 Å². The normalized spacial score (nSPS) is 17.5. The SMILES string of the molecule is CCOC(=O)[C@@H]1C(=O)N(CCCOC)c2nc3ccccc3n2[C@H]1c1ccc(OCCC(C)C)cc1. The summed E-state index contributed by atoms with van der Waals surface area (Å²) in [6.07, 6.45) is 1.58. The summed E-state index contributed by atoms with van der Waals surface area (Å²) in [6.45, 7) is 7.78. The van der Waals surface area contributed by atoms with E-state index in [2.05, 4.69) is 13.8 Å². The van der Waals surface area contributed by atoms with Crippen molar-refractivity contribution in [3.05, 3.63) is 54.1 Å². The Morgan fingerprint density at radius 3 is 2.53 bits per heavy atom. The number of esters is 1. The molecule has 8 heteroatoms. The van der Waals surface area contributed by atoms with Crippen molar-refractivity contribution in [2.24, 2.45) is 11.8 Å². The fourth-order valence-electron chi connectivity index (χ4n) is 4.60. The molecule has 3 aromatic rings. The Morgan fingerprint density at radius 1 is 1.08 bits per heavy atom. The monoisotopic (exact) mass is 493 g/mol. The van der Waals surface area contributed by atoms with Crippen molar-refractivity contribution in [3.63, 3.8) is 0 Å². The van der Waals surface area contributed by atoms with Crippen molar-refractivity contribution in [3.8, 4) is 5.75 Å². The van der Waals surface area contributed by atoms with Gasteiger partial charge >= 0.3 is 5.97 Å². The Balaban J connectivity index is 1.79. The lowest BCUT2D eigenvalue weighted by Gasteiger charge is -2.38. The van der Waals surface area contributed by atoms with Gasteiger partial charge in [-0.2, -0.15) is 0 Å². The summed E-state index contributed by atoms with van der Waals surface area (Å²) in [4.78, 5) is 33.5. The Hall–Kier alpha value is -3.39. The highest BCUT2D eigenvalue weighted by Crippen LogP contribution is 2.41. The van der Waals surface area contributed by atoms with Crippen LogP contribution >= 0.6 is 0 Å². The largest absolute Gasteiger partial charge is 0.494 e. The summed E-state index contributed by atoms with van der Waals surface area (Å²) in [6, 6.07) is 14.8. The zero-order valence-electron chi connectivity index (χ0n) is 21.5. The maximum Gasteiger partial charge on any atom is 0.321 e. The molecule has 1 aliphatic heterocycles. The number of benzene rings is 2. The van der Waals surface area contributed by atoms with Crippen LogP contribution in [0.5, 0.6) is 5.75 Å². The van der Waals surface area contributed by atoms with Crippen molar-refractivity contribution in [1.82, 2.24) is 9.55 Å². The van der Waals surface area contributed by atoms with E-state index in [1.165, 1.54) is 0 Å². The standard InChI is InChI=1S/C28H35N3O5/c1-5-35-27(33)24-25(20-11-13-21(14-12-20)36-18-15-19(2)3)31-23-10-7-6-9-22(23)29-28(31)30(26(24)32)16-8-17-34-4/h6-7,9-14,19,24-25H,5,8,15-18H2,1-4H3/t24-,25-/m0/s1. The van der Waals surface area contributed by atoms with Crippen LogP contribution in [0.3, 0.4) is 0 Å². The lowest BCUT2D eigenvalue weighted by Crippen LogP contribution is -2.50. The summed E-state index contributed by atoms with van der Waals surface area (Å²) in [5.41, 5.74) is 2.44. The number of ether oxygens (including phenoxy) is 3. The molecule has 0 N–H and O–H groups in total. The van der Waals surface area contributed by atoms with E-state index in [1.807, 2.05) is 53.1 Å². The molecule has 0 fully saturated rings. The van der Waals surface area contributed by atoms with E-state index < -0.39 is 17.9 Å². The van der Waals surface area contributed by atoms with Crippen LogP contribution in [0.1, 0.15) is 45.2 Å². The van der Waals surface area contributed by atoms with Gasteiger partial charge in [0.15, 0.2) is 5.92 Å². The molecule has 1 amide bonds. The van der Waals surface area contributed by atoms with Crippen molar-refractivity contribution >= 4 is 28.9 Å². The van der Waals surface area contributed by atoms with E-state index in [9.17, 15) is 9.59 Å². The van der Waals surface area contributed by atoms with Crippen LogP contribution in [0.25, 0.3) is 11.0 Å². The van der Waals surface area contributed by atoms with E-state index in [1.54, 1.807) is 18.9 Å². The smallest absolute Gasteiger partial charge is 0.321 e. The molecule has 1 aliphatic rings. The number of fused-ring (bicyclic) bond motifs is 3. The molecule has 36 heavy (non-hydrogen) atoms. The van der Waals surface area contributed by atoms with Crippen LogP contribution < -0.4 is 9.64 Å².